The Morgan fingerprint density at radius 1 is 0.871 bits per heavy atom. The van der Waals surface area contributed by atoms with E-state index < -0.39 is 10.9 Å². The Morgan fingerprint density at radius 2 is 1.39 bits per heavy atom. The number of esters is 1. The summed E-state index contributed by atoms with van der Waals surface area (Å²) < 4.78 is 5.19. The lowest BCUT2D eigenvalue weighted by atomic mass is 9.97. The van der Waals surface area contributed by atoms with E-state index in [0.29, 0.717) is 10.0 Å². The van der Waals surface area contributed by atoms with Crippen molar-refractivity contribution in [1.82, 2.24) is 0 Å². The molecule has 0 fully saturated rings. The maximum absolute atomic E-state index is 12.0. The Kier molecular flexibility index (Phi) is 7.60. The zero-order chi connectivity index (χ0) is 22.2. The number of hydrogen-bond donors (Lipinski definition) is 0. The minimum absolute atomic E-state index is 0.0437. The second-order valence-electron chi connectivity index (χ2n) is 6.45. The van der Waals surface area contributed by atoms with E-state index in [1.165, 1.54) is 24.3 Å². The maximum atomic E-state index is 12.0. The van der Waals surface area contributed by atoms with Gasteiger partial charge in [0.05, 0.1) is 11.3 Å². The molecule has 31 heavy (non-hydrogen) atoms. The van der Waals surface area contributed by atoms with Crippen molar-refractivity contribution in [2.75, 3.05) is 0 Å². The van der Waals surface area contributed by atoms with Crippen LogP contribution in [0.5, 0.6) is 5.75 Å². The molecule has 3 aromatic carbocycles. The first kappa shape index (κ1) is 22.3. The van der Waals surface area contributed by atoms with Crippen LogP contribution in [0.3, 0.4) is 0 Å². The monoisotopic (exact) mass is 453 g/mol. The number of carbonyl (C=O) groups excluding carboxylic acids is 1. The minimum Gasteiger partial charge on any atom is -0.426 e. The van der Waals surface area contributed by atoms with Crippen molar-refractivity contribution in [3.05, 3.63) is 122 Å². The van der Waals surface area contributed by atoms with Gasteiger partial charge in [0.1, 0.15) is 5.75 Å². The van der Waals surface area contributed by atoms with Gasteiger partial charge in [-0.2, -0.15) is 0 Å². The topological polar surface area (TPSA) is 69.4 Å². The Bertz CT molecular complexity index is 1070. The highest BCUT2D eigenvalue weighted by atomic mass is 35.5. The van der Waals surface area contributed by atoms with Crippen LogP contribution in [-0.4, -0.2) is 10.9 Å². The van der Waals surface area contributed by atoms with Crippen LogP contribution in [0.1, 0.15) is 17.5 Å². The van der Waals surface area contributed by atoms with Crippen LogP contribution in [0.25, 0.3) is 5.57 Å². The molecule has 0 aliphatic heterocycles. The van der Waals surface area contributed by atoms with E-state index in [2.05, 4.69) is 0 Å². The minimum atomic E-state index is -0.514. The molecule has 0 aliphatic rings. The Morgan fingerprint density at radius 3 is 1.87 bits per heavy atom. The highest BCUT2D eigenvalue weighted by Gasteiger charge is 2.08. The third kappa shape index (κ3) is 6.54. The predicted octanol–water partition coefficient (Wildman–Crippen LogP) is 6.89. The molecule has 0 unspecified atom stereocenters. The van der Waals surface area contributed by atoms with E-state index in [-0.39, 0.29) is 17.9 Å². The fraction of sp³-hybridized carbons (Fsp3) is 0.0417. The van der Waals surface area contributed by atoms with E-state index in [0.717, 1.165) is 16.7 Å². The number of hydrogen-bond acceptors (Lipinski definition) is 4. The Labute approximate surface area is 189 Å². The molecule has 0 amide bonds. The normalized spacial score (nSPS) is 10.6. The van der Waals surface area contributed by atoms with Gasteiger partial charge in [-0.1, -0.05) is 65.7 Å². The molecule has 0 saturated carbocycles. The standard InChI is InChI=1S/C24H17Cl2NO4/c25-19-9-5-17(6-10-19)23(18-7-11-20(26)12-8-18)3-1-2-4-24(28)31-22-15-13-21(14-16-22)27(29)30/h1-3,5-16H,4H2/b2-1+. The molecule has 0 saturated heterocycles. The van der Waals surface area contributed by atoms with Crippen LogP contribution in [0.2, 0.25) is 10.0 Å². The fourth-order valence-electron chi connectivity index (χ4n) is 2.76. The van der Waals surface area contributed by atoms with Gasteiger partial charge in [-0.3, -0.25) is 14.9 Å². The lowest BCUT2D eigenvalue weighted by molar-refractivity contribution is -0.384. The van der Waals surface area contributed by atoms with Gasteiger partial charge in [0, 0.05) is 22.2 Å². The van der Waals surface area contributed by atoms with E-state index >= 15 is 0 Å². The van der Waals surface area contributed by atoms with Crippen molar-refractivity contribution < 1.29 is 14.5 Å². The molecule has 0 bridgehead atoms. The van der Waals surface area contributed by atoms with Gasteiger partial charge < -0.3 is 4.74 Å². The van der Waals surface area contributed by atoms with Crippen LogP contribution < -0.4 is 4.74 Å². The molecule has 0 aliphatic carbocycles. The molecule has 3 aromatic rings. The number of non-ortho nitro benzene ring substituents is 1. The molecule has 156 valence electrons. The first-order valence-electron chi connectivity index (χ1n) is 9.26. The van der Waals surface area contributed by atoms with Crippen LogP contribution in [-0.2, 0) is 4.79 Å². The van der Waals surface area contributed by atoms with Crippen molar-refractivity contribution in [1.29, 1.82) is 0 Å². The molecular weight excluding hydrogens is 437 g/mol. The van der Waals surface area contributed by atoms with E-state index in [9.17, 15) is 14.9 Å². The van der Waals surface area contributed by atoms with Gasteiger partial charge in [-0.05, 0) is 53.1 Å². The van der Waals surface area contributed by atoms with Gasteiger partial charge in [-0.15, -0.1) is 0 Å². The van der Waals surface area contributed by atoms with Crippen molar-refractivity contribution in [3.63, 3.8) is 0 Å². The van der Waals surface area contributed by atoms with Crippen molar-refractivity contribution in [3.8, 4) is 5.75 Å². The SMILES string of the molecule is O=C(C/C=C/C=C(c1ccc(Cl)cc1)c1ccc(Cl)cc1)Oc1ccc([N+](=O)[O-])cc1. The molecule has 0 spiro atoms. The first-order chi connectivity index (χ1) is 14.9. The van der Waals surface area contributed by atoms with E-state index in [4.69, 9.17) is 27.9 Å². The Hall–Kier alpha value is -3.41. The van der Waals surface area contributed by atoms with Crippen LogP contribution in [0, 0.1) is 10.1 Å². The van der Waals surface area contributed by atoms with Crippen molar-refractivity contribution in [2.24, 2.45) is 0 Å². The summed E-state index contributed by atoms with van der Waals surface area (Å²) in [6, 6.07) is 20.3. The first-order valence-corrected chi connectivity index (χ1v) is 10.0. The van der Waals surface area contributed by atoms with Gasteiger partial charge in [0.2, 0.25) is 0 Å². The second kappa shape index (κ2) is 10.6. The molecule has 0 aromatic heterocycles. The fourth-order valence-corrected chi connectivity index (χ4v) is 3.01. The lowest BCUT2D eigenvalue weighted by Crippen LogP contribution is -2.06. The van der Waals surface area contributed by atoms with Gasteiger partial charge >= 0.3 is 5.97 Å². The third-order valence-electron chi connectivity index (χ3n) is 4.27. The number of benzene rings is 3. The summed E-state index contributed by atoms with van der Waals surface area (Å²) in [4.78, 5) is 22.2. The van der Waals surface area contributed by atoms with E-state index in [1.54, 1.807) is 12.2 Å². The smallest absolute Gasteiger partial charge is 0.315 e. The molecular formula is C24H17Cl2NO4. The van der Waals surface area contributed by atoms with Crippen LogP contribution in [0.15, 0.2) is 91.0 Å². The highest BCUT2D eigenvalue weighted by molar-refractivity contribution is 6.31. The highest BCUT2D eigenvalue weighted by Crippen LogP contribution is 2.26. The lowest BCUT2D eigenvalue weighted by Gasteiger charge is -2.08. The zero-order valence-electron chi connectivity index (χ0n) is 16.2. The quantitative estimate of drug-likeness (QED) is 0.128. The summed E-state index contributed by atoms with van der Waals surface area (Å²) in [5.74, 6) is -0.222. The number of ether oxygens (including phenoxy) is 1. The predicted molar refractivity (Wildman–Crippen MR) is 122 cm³/mol. The summed E-state index contributed by atoms with van der Waals surface area (Å²) in [6.45, 7) is 0. The van der Waals surface area contributed by atoms with Gasteiger partial charge in [0.15, 0.2) is 0 Å². The number of allylic oxidation sites excluding steroid dienone is 2. The maximum Gasteiger partial charge on any atom is 0.315 e. The molecule has 3 rings (SSSR count). The van der Waals surface area contributed by atoms with Crippen LogP contribution in [0.4, 0.5) is 5.69 Å². The van der Waals surface area contributed by atoms with Crippen molar-refractivity contribution >= 4 is 40.4 Å². The number of nitrogens with zero attached hydrogens (tertiary/aromatic N) is 1. The van der Waals surface area contributed by atoms with Gasteiger partial charge in [0.25, 0.3) is 5.69 Å². The summed E-state index contributed by atoms with van der Waals surface area (Å²) >= 11 is 12.0. The zero-order valence-corrected chi connectivity index (χ0v) is 17.7. The summed E-state index contributed by atoms with van der Waals surface area (Å²) in [6.07, 6.45) is 5.39. The van der Waals surface area contributed by atoms with Crippen molar-refractivity contribution in [2.45, 2.75) is 6.42 Å². The third-order valence-corrected chi connectivity index (χ3v) is 4.78. The Balaban J connectivity index is 1.70. The molecule has 0 radical (unpaired) electrons. The summed E-state index contributed by atoms with van der Waals surface area (Å²) in [5, 5.41) is 12.0. The summed E-state index contributed by atoms with van der Waals surface area (Å²) in [7, 11) is 0. The molecule has 5 nitrogen and oxygen atoms in total. The number of carbonyl (C=O) groups is 1. The molecule has 0 heterocycles. The van der Waals surface area contributed by atoms with E-state index in [1.807, 2.05) is 54.6 Å². The van der Waals surface area contributed by atoms with Crippen LogP contribution >= 0.6 is 23.2 Å². The van der Waals surface area contributed by atoms with Gasteiger partial charge in [-0.25, -0.2) is 0 Å². The second-order valence-corrected chi connectivity index (χ2v) is 7.32. The molecule has 7 heteroatoms. The number of halogens is 2. The number of rotatable bonds is 7. The average Bonchev–Trinajstić information content (AvgIpc) is 2.76. The largest absolute Gasteiger partial charge is 0.426 e. The molecule has 0 N–H and O–H groups in total. The number of nitro groups is 1. The summed E-state index contributed by atoms with van der Waals surface area (Å²) in [5.41, 5.74) is 2.80. The number of nitro benzene ring substituents is 1. The molecule has 0 atom stereocenters. The average molecular weight is 454 g/mol.